The molecule has 110 valence electrons. The monoisotopic (exact) mass is 268 g/mol. The smallest absolute Gasteiger partial charge is 0.247 e. The fourth-order valence-corrected chi connectivity index (χ4v) is 2.05. The number of rotatable bonds is 6. The summed E-state index contributed by atoms with van der Waals surface area (Å²) in [5.74, 6) is 0.427. The second kappa shape index (κ2) is 6.04. The average Bonchev–Trinajstić information content (AvgIpc) is 2.61. The maximum absolute atomic E-state index is 12.2. The number of hydrogen-bond acceptors (Lipinski definition) is 3. The Balaban J connectivity index is 2.63. The van der Waals surface area contributed by atoms with Crippen LogP contribution in [0.15, 0.2) is 0 Å². The predicted molar refractivity (Wildman–Crippen MR) is 76.6 cm³/mol. The first kappa shape index (κ1) is 16.2. The average molecular weight is 268 g/mol. The quantitative estimate of drug-likeness (QED) is 0.751. The largest absolute Gasteiger partial charge is 0.305 e. The summed E-state index contributed by atoms with van der Waals surface area (Å²) >= 11 is 0. The molecular formula is C15H28N2O2. The number of imide groups is 1. The van der Waals surface area contributed by atoms with Gasteiger partial charge < -0.3 is 5.32 Å². The Kier molecular flexibility index (Phi) is 5.13. The van der Waals surface area contributed by atoms with Crippen LogP contribution in [0.5, 0.6) is 0 Å². The molecule has 2 atom stereocenters. The minimum absolute atomic E-state index is 0.00455. The Morgan fingerprint density at radius 1 is 1.32 bits per heavy atom. The van der Waals surface area contributed by atoms with E-state index in [0.29, 0.717) is 12.3 Å². The fourth-order valence-electron chi connectivity index (χ4n) is 2.05. The van der Waals surface area contributed by atoms with E-state index in [4.69, 9.17) is 0 Å². The third kappa shape index (κ3) is 3.56. The Labute approximate surface area is 116 Å². The first-order chi connectivity index (χ1) is 8.70. The number of nitrogens with zero attached hydrogens (tertiary/aromatic N) is 1. The van der Waals surface area contributed by atoms with E-state index < -0.39 is 0 Å². The molecule has 1 aliphatic heterocycles. The zero-order chi connectivity index (χ0) is 14.8. The van der Waals surface area contributed by atoms with E-state index in [-0.39, 0.29) is 29.3 Å². The first-order valence-corrected chi connectivity index (χ1v) is 7.30. The van der Waals surface area contributed by atoms with Crippen molar-refractivity contribution in [1.29, 1.82) is 0 Å². The van der Waals surface area contributed by atoms with Crippen LogP contribution in [0.4, 0.5) is 0 Å². The lowest BCUT2D eigenvalue weighted by Crippen LogP contribution is -2.45. The summed E-state index contributed by atoms with van der Waals surface area (Å²) in [5.41, 5.74) is 0.118. The summed E-state index contributed by atoms with van der Waals surface area (Å²) in [5, 5.41) is 3.28. The molecule has 0 bridgehead atoms. The van der Waals surface area contributed by atoms with Gasteiger partial charge in [0.25, 0.3) is 0 Å². The zero-order valence-corrected chi connectivity index (χ0v) is 13.1. The summed E-state index contributed by atoms with van der Waals surface area (Å²) in [4.78, 5) is 25.6. The molecule has 1 aliphatic rings. The molecule has 1 fully saturated rings. The van der Waals surface area contributed by atoms with Crippen LogP contribution in [0.2, 0.25) is 0 Å². The summed E-state index contributed by atoms with van der Waals surface area (Å²) < 4.78 is 0. The summed E-state index contributed by atoms with van der Waals surface area (Å²) in [6.07, 6.45) is 1.11. The van der Waals surface area contributed by atoms with Gasteiger partial charge in [-0.2, -0.15) is 0 Å². The van der Waals surface area contributed by atoms with E-state index in [0.717, 1.165) is 13.0 Å². The highest BCUT2D eigenvalue weighted by Crippen LogP contribution is 2.26. The lowest BCUT2D eigenvalue weighted by atomic mass is 9.81. The number of carbonyl (C=O) groups excluding carboxylic acids is 2. The van der Waals surface area contributed by atoms with Crippen molar-refractivity contribution in [2.45, 2.75) is 66.5 Å². The van der Waals surface area contributed by atoms with Gasteiger partial charge >= 0.3 is 0 Å². The van der Waals surface area contributed by atoms with E-state index in [1.807, 2.05) is 13.8 Å². The van der Waals surface area contributed by atoms with Crippen LogP contribution in [0.1, 0.15) is 54.4 Å². The van der Waals surface area contributed by atoms with Gasteiger partial charge in [0, 0.05) is 12.6 Å². The second-order valence-corrected chi connectivity index (χ2v) is 6.64. The van der Waals surface area contributed by atoms with E-state index in [2.05, 4.69) is 33.0 Å². The topological polar surface area (TPSA) is 49.4 Å². The maximum Gasteiger partial charge on any atom is 0.247 e. The van der Waals surface area contributed by atoms with Crippen LogP contribution in [-0.2, 0) is 9.59 Å². The normalized spacial score (nSPS) is 22.5. The van der Waals surface area contributed by atoms with Gasteiger partial charge in [0.2, 0.25) is 11.8 Å². The first-order valence-electron chi connectivity index (χ1n) is 7.30. The van der Waals surface area contributed by atoms with E-state index in [1.165, 1.54) is 4.90 Å². The van der Waals surface area contributed by atoms with E-state index >= 15 is 0 Å². The highest BCUT2D eigenvalue weighted by atomic mass is 16.2. The molecule has 2 unspecified atom stereocenters. The van der Waals surface area contributed by atoms with Crippen LogP contribution >= 0.6 is 0 Å². The zero-order valence-electron chi connectivity index (χ0n) is 13.1. The van der Waals surface area contributed by atoms with Gasteiger partial charge in [0.05, 0.1) is 12.5 Å². The Hall–Kier alpha value is -0.900. The number of likely N-dealkylation sites (tertiary alicyclic amines) is 1. The Morgan fingerprint density at radius 3 is 2.37 bits per heavy atom. The van der Waals surface area contributed by atoms with Gasteiger partial charge in [0.1, 0.15) is 0 Å². The Morgan fingerprint density at radius 2 is 1.89 bits per heavy atom. The van der Waals surface area contributed by atoms with Crippen LogP contribution in [0.25, 0.3) is 0 Å². The molecule has 0 saturated carbocycles. The highest BCUT2D eigenvalue weighted by molar-refractivity contribution is 6.05. The highest BCUT2D eigenvalue weighted by Gasteiger charge is 2.41. The number of carbonyl (C=O) groups is 2. The van der Waals surface area contributed by atoms with Gasteiger partial charge in [-0.25, -0.2) is 0 Å². The van der Waals surface area contributed by atoms with Crippen LogP contribution in [0.3, 0.4) is 0 Å². The molecule has 1 rings (SSSR count). The van der Waals surface area contributed by atoms with Crippen LogP contribution in [0, 0.1) is 11.3 Å². The SMILES string of the molecule is CCC(C)N1C(=O)CC(NCC(C)(C)C(C)C)C1=O. The van der Waals surface area contributed by atoms with Crippen molar-refractivity contribution < 1.29 is 9.59 Å². The number of hydrogen-bond donors (Lipinski definition) is 1. The summed E-state index contributed by atoms with van der Waals surface area (Å²) in [6, 6.07) is -0.329. The van der Waals surface area contributed by atoms with E-state index in [9.17, 15) is 9.59 Å². The molecule has 0 radical (unpaired) electrons. The molecule has 4 nitrogen and oxygen atoms in total. The standard InChI is InChI=1S/C15H28N2O2/c1-7-11(4)17-13(18)8-12(14(17)19)16-9-15(5,6)10(2)3/h10-12,16H,7-9H2,1-6H3. The van der Waals surface area contributed by atoms with Crippen molar-refractivity contribution in [3.05, 3.63) is 0 Å². The van der Waals surface area contributed by atoms with Gasteiger partial charge in [0.15, 0.2) is 0 Å². The molecule has 1 heterocycles. The molecule has 0 aromatic rings. The van der Waals surface area contributed by atoms with Crippen LogP contribution < -0.4 is 5.32 Å². The molecule has 19 heavy (non-hydrogen) atoms. The van der Waals surface area contributed by atoms with Crippen molar-refractivity contribution >= 4 is 11.8 Å². The molecule has 1 N–H and O–H groups in total. The molecule has 1 saturated heterocycles. The third-order valence-corrected chi connectivity index (χ3v) is 4.58. The van der Waals surface area contributed by atoms with E-state index in [1.54, 1.807) is 0 Å². The molecule has 0 aliphatic carbocycles. The van der Waals surface area contributed by atoms with Crippen LogP contribution in [-0.4, -0.2) is 35.3 Å². The lowest BCUT2D eigenvalue weighted by molar-refractivity contribution is -0.141. The minimum atomic E-state index is -0.334. The van der Waals surface area contributed by atoms with Crippen molar-refractivity contribution in [3.63, 3.8) is 0 Å². The molecule has 0 aromatic heterocycles. The van der Waals surface area contributed by atoms with Gasteiger partial charge in [-0.15, -0.1) is 0 Å². The third-order valence-electron chi connectivity index (χ3n) is 4.58. The maximum atomic E-state index is 12.2. The fraction of sp³-hybridized carbons (Fsp3) is 0.867. The number of amides is 2. The predicted octanol–water partition coefficient (Wildman–Crippen LogP) is 2.18. The van der Waals surface area contributed by atoms with Crippen molar-refractivity contribution in [3.8, 4) is 0 Å². The van der Waals surface area contributed by atoms with Gasteiger partial charge in [-0.1, -0.05) is 34.6 Å². The molecule has 0 spiro atoms. The second-order valence-electron chi connectivity index (χ2n) is 6.64. The minimum Gasteiger partial charge on any atom is -0.305 e. The Bertz CT molecular complexity index is 350. The van der Waals surface area contributed by atoms with Gasteiger partial charge in [-0.3, -0.25) is 14.5 Å². The molecule has 2 amide bonds. The lowest BCUT2D eigenvalue weighted by Gasteiger charge is -2.30. The molecule has 4 heteroatoms. The summed E-state index contributed by atoms with van der Waals surface area (Å²) in [6.45, 7) is 13.4. The molecule has 0 aromatic carbocycles. The summed E-state index contributed by atoms with van der Waals surface area (Å²) in [7, 11) is 0. The van der Waals surface area contributed by atoms with Crippen molar-refractivity contribution in [2.75, 3.05) is 6.54 Å². The van der Waals surface area contributed by atoms with Crippen molar-refractivity contribution in [2.24, 2.45) is 11.3 Å². The van der Waals surface area contributed by atoms with Gasteiger partial charge in [-0.05, 0) is 24.7 Å². The molecular weight excluding hydrogens is 240 g/mol. The van der Waals surface area contributed by atoms with Crippen molar-refractivity contribution in [1.82, 2.24) is 10.2 Å². The number of nitrogens with one attached hydrogen (secondary N) is 1.